The van der Waals surface area contributed by atoms with Gasteiger partial charge in [0.1, 0.15) is 0 Å². The van der Waals surface area contributed by atoms with Crippen LogP contribution in [0.3, 0.4) is 0 Å². The first-order chi connectivity index (χ1) is 3.35. The van der Waals surface area contributed by atoms with E-state index in [0.29, 0.717) is 0 Å². The van der Waals surface area contributed by atoms with Crippen molar-refractivity contribution in [1.29, 1.82) is 0 Å². The van der Waals surface area contributed by atoms with Crippen LogP contribution in [0.25, 0.3) is 0 Å². The van der Waals surface area contributed by atoms with Gasteiger partial charge in [-0.1, -0.05) is 0 Å². The molecule has 0 aromatic heterocycles. The van der Waals surface area contributed by atoms with E-state index in [0.717, 1.165) is 0 Å². The molecule has 0 aromatic carbocycles. The summed E-state index contributed by atoms with van der Waals surface area (Å²) >= 11 is 0. The van der Waals surface area contributed by atoms with Crippen LogP contribution < -0.4 is 0 Å². The Kier molecular flexibility index (Phi) is 9.55. The van der Waals surface area contributed by atoms with Gasteiger partial charge < -0.3 is 14.0 Å². The molecule has 0 spiro atoms. The molecule has 0 fully saturated rings. The van der Waals surface area contributed by atoms with Gasteiger partial charge in [0, 0.05) is 21.3 Å². The van der Waals surface area contributed by atoms with Crippen molar-refractivity contribution in [2.24, 2.45) is 0 Å². The van der Waals surface area contributed by atoms with Gasteiger partial charge in [0.25, 0.3) is 0 Å². The Balaban J connectivity index is 0. The summed E-state index contributed by atoms with van der Waals surface area (Å²) < 4.78 is 13.8. The highest BCUT2D eigenvalue weighted by Crippen LogP contribution is 1.81. The molecule has 0 aliphatic rings. The summed E-state index contributed by atoms with van der Waals surface area (Å²) in [5.41, 5.74) is 0. The quantitative estimate of drug-likeness (QED) is 0.432. The molecule has 48 valence electrons. The summed E-state index contributed by atoms with van der Waals surface area (Å²) in [6.45, 7) is 0. The van der Waals surface area contributed by atoms with Crippen LogP contribution >= 0.6 is 0 Å². The molecule has 0 amide bonds. The first-order valence-corrected chi connectivity index (χ1v) is 1.93. The predicted octanol–water partition coefficient (Wildman–Crippen LogP) is -1.27. The summed E-state index contributed by atoms with van der Waals surface area (Å²) in [4.78, 5) is 0. The topological polar surface area (TPSA) is 27.7 Å². The summed E-state index contributed by atoms with van der Waals surface area (Å²) in [7, 11) is 4.02. The summed E-state index contributed by atoms with van der Waals surface area (Å²) in [6, 6.07) is 0. The van der Waals surface area contributed by atoms with Crippen LogP contribution in [0.15, 0.2) is 0 Å². The predicted molar refractivity (Wildman–Crippen MR) is 36.7 cm³/mol. The molecule has 0 aliphatic heterocycles. The minimum Gasteiger partial charge on any atom is -0.389 e. The van der Waals surface area contributed by atoms with Crippen LogP contribution in [-0.4, -0.2) is 37.1 Å². The molecule has 5 heteroatoms. The zero-order valence-electron chi connectivity index (χ0n) is 4.80. The smallest absolute Gasteiger partial charge is 0.389 e. The van der Waals surface area contributed by atoms with Gasteiger partial charge in [0.2, 0.25) is 0 Å². The molecule has 0 N–H and O–H groups in total. The van der Waals surface area contributed by atoms with E-state index < -0.39 is 7.32 Å². The fourth-order valence-corrected chi connectivity index (χ4v) is 0.289. The summed E-state index contributed by atoms with van der Waals surface area (Å²) in [5.74, 6) is 0. The number of hydrogen-bond donors (Lipinski definition) is 0. The molecule has 0 saturated carbocycles. The lowest BCUT2D eigenvalue weighted by Gasteiger charge is -2.01. The van der Waals surface area contributed by atoms with E-state index in [4.69, 9.17) is 0 Å². The van der Waals surface area contributed by atoms with Crippen LogP contribution in [0, 0.1) is 0 Å². The highest BCUT2D eigenvalue weighted by molar-refractivity contribution is 6.36. The molecule has 0 unspecified atom stereocenters. The Labute approximate surface area is 52.1 Å². The van der Waals surface area contributed by atoms with Gasteiger partial charge in [-0.25, -0.2) is 0 Å². The molecule has 0 radical (unpaired) electrons. The molecule has 8 heavy (non-hydrogen) atoms. The SMILES string of the molecule is B.COB(OC)OC. The second kappa shape index (κ2) is 7.01. The molecule has 0 aliphatic carbocycles. The first kappa shape index (κ1) is 10.9. The van der Waals surface area contributed by atoms with Crippen molar-refractivity contribution >= 4 is 15.7 Å². The van der Waals surface area contributed by atoms with Gasteiger partial charge in [-0.3, -0.25) is 0 Å². The van der Waals surface area contributed by atoms with Crippen molar-refractivity contribution in [3.8, 4) is 0 Å². The van der Waals surface area contributed by atoms with Crippen LogP contribution in [-0.2, 0) is 14.0 Å². The fraction of sp³-hybridized carbons (Fsp3) is 1.00. The lowest BCUT2D eigenvalue weighted by molar-refractivity contribution is 0.163. The summed E-state index contributed by atoms with van der Waals surface area (Å²) in [6.07, 6.45) is 0. The van der Waals surface area contributed by atoms with E-state index in [1.165, 1.54) is 21.3 Å². The molecular weight excluding hydrogens is 106 g/mol. The van der Waals surface area contributed by atoms with Crippen LogP contribution in [0.5, 0.6) is 0 Å². The highest BCUT2D eigenvalue weighted by Gasteiger charge is 2.12. The normalized spacial score (nSPS) is 7.88. The molecule has 0 rings (SSSR count). The van der Waals surface area contributed by atoms with Crippen molar-refractivity contribution in [2.75, 3.05) is 21.3 Å². The van der Waals surface area contributed by atoms with Gasteiger partial charge >= 0.3 is 7.32 Å². The molecule has 0 aromatic rings. The van der Waals surface area contributed by atoms with Crippen molar-refractivity contribution in [3.05, 3.63) is 0 Å². The molecule has 0 atom stereocenters. The Hall–Kier alpha value is 0.00987. The van der Waals surface area contributed by atoms with E-state index in [1.807, 2.05) is 0 Å². The van der Waals surface area contributed by atoms with Crippen molar-refractivity contribution in [2.45, 2.75) is 0 Å². The minimum atomic E-state index is -0.514. The zero-order valence-corrected chi connectivity index (χ0v) is 4.80. The lowest BCUT2D eigenvalue weighted by Crippen LogP contribution is -2.21. The van der Waals surface area contributed by atoms with Crippen molar-refractivity contribution < 1.29 is 14.0 Å². The lowest BCUT2D eigenvalue weighted by atomic mass is 10.2. The second-order valence-electron chi connectivity index (χ2n) is 0.996. The Morgan fingerprint density at radius 2 is 1.12 bits per heavy atom. The maximum absolute atomic E-state index is 4.60. The van der Waals surface area contributed by atoms with E-state index in [9.17, 15) is 0 Å². The van der Waals surface area contributed by atoms with Crippen molar-refractivity contribution in [3.63, 3.8) is 0 Å². The van der Waals surface area contributed by atoms with E-state index in [1.54, 1.807) is 0 Å². The Morgan fingerprint density at radius 1 is 0.875 bits per heavy atom. The first-order valence-electron chi connectivity index (χ1n) is 1.93. The van der Waals surface area contributed by atoms with Gasteiger partial charge in [0.15, 0.2) is 0 Å². The van der Waals surface area contributed by atoms with Gasteiger partial charge in [-0.05, 0) is 0 Å². The number of rotatable bonds is 3. The third-order valence-electron chi connectivity index (χ3n) is 0.577. The van der Waals surface area contributed by atoms with Gasteiger partial charge in [-0.2, -0.15) is 0 Å². The Morgan fingerprint density at radius 3 is 1.12 bits per heavy atom. The summed E-state index contributed by atoms with van der Waals surface area (Å²) in [5, 5.41) is 0. The van der Waals surface area contributed by atoms with Crippen LogP contribution in [0.2, 0.25) is 0 Å². The largest absolute Gasteiger partial charge is 0.638 e. The fourth-order valence-electron chi connectivity index (χ4n) is 0.289. The standard InChI is InChI=1S/C3H9BO3.BH3/c1-5-4(6-2)7-3;/h1-3H3;1H3. The average molecular weight is 118 g/mol. The average Bonchev–Trinajstić information content (AvgIpc) is 1.72. The van der Waals surface area contributed by atoms with Crippen molar-refractivity contribution in [1.82, 2.24) is 0 Å². The molecular formula is C3H12B2O3. The second-order valence-corrected chi connectivity index (χ2v) is 0.996. The number of hydrogen-bond acceptors (Lipinski definition) is 3. The molecule has 0 heterocycles. The van der Waals surface area contributed by atoms with E-state index >= 15 is 0 Å². The highest BCUT2D eigenvalue weighted by atomic mass is 16.7. The maximum Gasteiger partial charge on any atom is 0.638 e. The van der Waals surface area contributed by atoms with Crippen LogP contribution in [0.1, 0.15) is 0 Å². The zero-order chi connectivity index (χ0) is 5.70. The molecule has 0 bridgehead atoms. The molecule has 3 nitrogen and oxygen atoms in total. The van der Waals surface area contributed by atoms with E-state index in [2.05, 4.69) is 14.0 Å². The van der Waals surface area contributed by atoms with E-state index in [-0.39, 0.29) is 8.41 Å². The maximum atomic E-state index is 4.60. The minimum absolute atomic E-state index is 0. The monoisotopic (exact) mass is 118 g/mol. The van der Waals surface area contributed by atoms with Gasteiger partial charge in [-0.15, -0.1) is 0 Å². The third-order valence-corrected chi connectivity index (χ3v) is 0.577. The molecule has 0 saturated heterocycles. The van der Waals surface area contributed by atoms with Gasteiger partial charge in [0.05, 0.1) is 8.41 Å². The third kappa shape index (κ3) is 4.18. The Bertz CT molecular complexity index is 34.0. The van der Waals surface area contributed by atoms with Crippen LogP contribution in [0.4, 0.5) is 0 Å².